The smallest absolute Gasteiger partial charge is 0.262 e. The first-order valence-electron chi connectivity index (χ1n) is 10.2. The van der Waals surface area contributed by atoms with Crippen molar-refractivity contribution in [3.05, 3.63) is 58.6 Å². The maximum Gasteiger partial charge on any atom is 0.262 e. The zero-order valence-electron chi connectivity index (χ0n) is 17.2. The van der Waals surface area contributed by atoms with Crippen molar-refractivity contribution in [3.8, 4) is 5.75 Å². The van der Waals surface area contributed by atoms with E-state index < -0.39 is 0 Å². The number of piperidine rings is 1. The molecule has 1 aliphatic heterocycles. The van der Waals surface area contributed by atoms with Crippen molar-refractivity contribution in [1.82, 2.24) is 4.98 Å². The summed E-state index contributed by atoms with van der Waals surface area (Å²) in [6.07, 6.45) is 1.42. The largest absolute Gasteiger partial charge is 0.481 e. The molecule has 1 aromatic heterocycles. The molecule has 1 saturated heterocycles. The molecule has 0 aliphatic carbocycles. The van der Waals surface area contributed by atoms with Crippen molar-refractivity contribution in [2.45, 2.75) is 12.8 Å². The molecule has 4 rings (SSSR count). The summed E-state index contributed by atoms with van der Waals surface area (Å²) in [4.78, 5) is 30.7. The number of primary amides is 1. The number of benzene rings is 2. The normalized spacial score (nSPS) is 14.4. The lowest BCUT2D eigenvalue weighted by Gasteiger charge is -2.31. The summed E-state index contributed by atoms with van der Waals surface area (Å²) in [7, 11) is 0. The van der Waals surface area contributed by atoms with Crippen molar-refractivity contribution in [3.63, 3.8) is 0 Å². The van der Waals surface area contributed by atoms with Gasteiger partial charge in [0, 0.05) is 30.1 Å². The number of anilines is 2. The second-order valence-corrected chi connectivity index (χ2v) is 8.44. The van der Waals surface area contributed by atoms with Crippen molar-refractivity contribution in [1.29, 1.82) is 0 Å². The Kier molecular flexibility index (Phi) is 6.67. The highest BCUT2D eigenvalue weighted by Crippen LogP contribution is 2.29. The van der Waals surface area contributed by atoms with Crippen molar-refractivity contribution in [2.75, 3.05) is 29.9 Å². The van der Waals surface area contributed by atoms with E-state index in [2.05, 4.69) is 10.2 Å². The second-order valence-electron chi connectivity index (χ2n) is 7.63. The highest BCUT2D eigenvalue weighted by Gasteiger charge is 2.24. The number of ether oxygens (including phenoxy) is 1. The number of pyridine rings is 1. The molecular formula is C23H22Cl2N4O3. The number of nitrogens with zero attached hydrogens (tertiary/aromatic N) is 2. The molecule has 1 fully saturated rings. The van der Waals surface area contributed by atoms with E-state index >= 15 is 0 Å². The van der Waals surface area contributed by atoms with Gasteiger partial charge in [-0.15, -0.1) is 0 Å². The highest BCUT2D eigenvalue weighted by atomic mass is 35.5. The standard InChI is InChI=1S/C23H22Cl2N4O3/c24-17-6-5-16(12-18(17)25)27-21(30)13-32-19-3-1-2-14-4-7-20(28-22(14)19)29-10-8-15(9-11-29)23(26)31/h1-7,12,15H,8-11,13H2,(H2,26,31)(H,27,30). The van der Waals surface area contributed by atoms with E-state index in [1.165, 1.54) is 0 Å². The summed E-state index contributed by atoms with van der Waals surface area (Å²) in [5.41, 5.74) is 6.63. The highest BCUT2D eigenvalue weighted by molar-refractivity contribution is 6.42. The molecule has 0 spiro atoms. The molecule has 1 aliphatic rings. The van der Waals surface area contributed by atoms with Crippen molar-refractivity contribution < 1.29 is 14.3 Å². The number of nitrogens with two attached hydrogens (primary N) is 1. The van der Waals surface area contributed by atoms with Crippen LogP contribution in [0, 0.1) is 5.92 Å². The number of para-hydroxylation sites is 1. The van der Waals surface area contributed by atoms with Gasteiger partial charge in [0.15, 0.2) is 6.61 Å². The zero-order chi connectivity index (χ0) is 22.7. The number of rotatable bonds is 6. The summed E-state index contributed by atoms with van der Waals surface area (Å²) < 4.78 is 5.78. The van der Waals surface area contributed by atoms with Gasteiger partial charge in [0.25, 0.3) is 5.91 Å². The average Bonchev–Trinajstić information content (AvgIpc) is 2.80. The van der Waals surface area contributed by atoms with E-state index in [0.29, 0.717) is 52.9 Å². The first-order valence-corrected chi connectivity index (χ1v) is 11.0. The number of halogens is 2. The predicted octanol–water partition coefficient (Wildman–Crippen LogP) is 4.26. The molecule has 2 heterocycles. The third kappa shape index (κ3) is 5.06. The summed E-state index contributed by atoms with van der Waals surface area (Å²) in [5, 5.41) is 4.41. The quantitative estimate of drug-likeness (QED) is 0.558. The van der Waals surface area contributed by atoms with Gasteiger partial charge in [0.2, 0.25) is 5.91 Å². The summed E-state index contributed by atoms with van der Waals surface area (Å²) in [5.74, 6) is 0.660. The number of carbonyl (C=O) groups is 2. The molecule has 3 N–H and O–H groups in total. The Hall–Kier alpha value is -3.03. The van der Waals surface area contributed by atoms with Gasteiger partial charge < -0.3 is 20.7 Å². The van der Waals surface area contributed by atoms with Crippen molar-refractivity contribution >= 4 is 57.4 Å². The molecule has 32 heavy (non-hydrogen) atoms. The van der Waals surface area contributed by atoms with Gasteiger partial charge in [-0.25, -0.2) is 4.98 Å². The molecule has 7 nitrogen and oxygen atoms in total. The number of hydrogen-bond donors (Lipinski definition) is 2. The SMILES string of the molecule is NC(=O)C1CCN(c2ccc3cccc(OCC(=O)Nc4ccc(Cl)c(Cl)c4)c3n2)CC1. The van der Waals surface area contributed by atoms with Crippen LogP contribution in [0.2, 0.25) is 10.0 Å². The predicted molar refractivity (Wildman–Crippen MR) is 126 cm³/mol. The molecule has 0 atom stereocenters. The minimum atomic E-state index is -0.329. The van der Waals surface area contributed by atoms with Gasteiger partial charge in [-0.05, 0) is 49.2 Å². The number of amides is 2. The first-order chi connectivity index (χ1) is 15.4. The lowest BCUT2D eigenvalue weighted by atomic mass is 9.96. The zero-order valence-corrected chi connectivity index (χ0v) is 18.7. The Morgan fingerprint density at radius 1 is 1.09 bits per heavy atom. The maximum atomic E-state index is 12.3. The van der Waals surface area contributed by atoms with E-state index in [9.17, 15) is 9.59 Å². The number of nitrogens with one attached hydrogen (secondary N) is 1. The third-order valence-electron chi connectivity index (χ3n) is 5.45. The van der Waals surface area contributed by atoms with Crippen LogP contribution in [0.5, 0.6) is 5.75 Å². The van der Waals surface area contributed by atoms with E-state index in [4.69, 9.17) is 38.7 Å². The fourth-order valence-corrected chi connectivity index (χ4v) is 4.01. The number of fused-ring (bicyclic) bond motifs is 1. The van der Waals surface area contributed by atoms with Crippen molar-refractivity contribution in [2.24, 2.45) is 11.7 Å². The van der Waals surface area contributed by atoms with Crippen LogP contribution < -0.4 is 20.7 Å². The lowest BCUT2D eigenvalue weighted by Crippen LogP contribution is -2.38. The fourth-order valence-electron chi connectivity index (χ4n) is 3.71. The molecule has 2 aromatic carbocycles. The van der Waals surface area contributed by atoms with Crippen LogP contribution in [0.3, 0.4) is 0 Å². The second kappa shape index (κ2) is 9.63. The molecule has 3 aromatic rings. The molecule has 0 saturated carbocycles. The Bertz CT molecular complexity index is 1160. The molecule has 9 heteroatoms. The lowest BCUT2D eigenvalue weighted by molar-refractivity contribution is -0.122. The van der Waals surface area contributed by atoms with Crippen LogP contribution in [0.4, 0.5) is 11.5 Å². The number of hydrogen-bond acceptors (Lipinski definition) is 5. The van der Waals surface area contributed by atoms with Gasteiger partial charge in [-0.3, -0.25) is 9.59 Å². The Morgan fingerprint density at radius 2 is 1.88 bits per heavy atom. The van der Waals surface area contributed by atoms with E-state index in [-0.39, 0.29) is 24.3 Å². The van der Waals surface area contributed by atoms with Gasteiger partial charge in [-0.1, -0.05) is 35.3 Å². The summed E-state index contributed by atoms with van der Waals surface area (Å²) >= 11 is 11.9. The van der Waals surface area contributed by atoms with Gasteiger partial charge in [-0.2, -0.15) is 0 Å². The topological polar surface area (TPSA) is 97.5 Å². The molecule has 2 amide bonds. The average molecular weight is 473 g/mol. The summed E-state index contributed by atoms with van der Waals surface area (Å²) in [6.45, 7) is 1.23. The number of carbonyl (C=O) groups excluding carboxylic acids is 2. The van der Waals surface area contributed by atoms with E-state index in [1.54, 1.807) is 24.3 Å². The van der Waals surface area contributed by atoms with Crippen LogP contribution in [-0.4, -0.2) is 36.5 Å². The van der Waals surface area contributed by atoms with Gasteiger partial charge >= 0.3 is 0 Å². The van der Waals surface area contributed by atoms with Gasteiger partial charge in [0.1, 0.15) is 17.1 Å². The minimum absolute atomic E-state index is 0.0837. The minimum Gasteiger partial charge on any atom is -0.481 e. The Balaban J connectivity index is 1.45. The molecule has 0 radical (unpaired) electrons. The number of aromatic nitrogens is 1. The monoisotopic (exact) mass is 472 g/mol. The molecule has 0 unspecified atom stereocenters. The van der Waals surface area contributed by atoms with Crippen LogP contribution in [0.15, 0.2) is 48.5 Å². The van der Waals surface area contributed by atoms with E-state index in [1.807, 2.05) is 24.3 Å². The maximum absolute atomic E-state index is 12.3. The summed E-state index contributed by atoms with van der Waals surface area (Å²) in [6, 6.07) is 14.4. The first kappa shape index (κ1) is 22.2. The van der Waals surface area contributed by atoms with Crippen LogP contribution in [0.25, 0.3) is 10.9 Å². The fraction of sp³-hybridized carbons (Fsp3) is 0.261. The molecular weight excluding hydrogens is 451 g/mol. The van der Waals surface area contributed by atoms with Crippen LogP contribution in [-0.2, 0) is 9.59 Å². The van der Waals surface area contributed by atoms with Crippen LogP contribution in [0.1, 0.15) is 12.8 Å². The Labute approximate surface area is 195 Å². The Morgan fingerprint density at radius 3 is 2.59 bits per heavy atom. The van der Waals surface area contributed by atoms with Gasteiger partial charge in [0.05, 0.1) is 10.0 Å². The molecule has 166 valence electrons. The van der Waals surface area contributed by atoms with Crippen LogP contribution >= 0.6 is 23.2 Å². The van der Waals surface area contributed by atoms with E-state index in [0.717, 1.165) is 11.2 Å². The third-order valence-corrected chi connectivity index (χ3v) is 6.19. The molecule has 0 bridgehead atoms.